The van der Waals surface area contributed by atoms with E-state index < -0.39 is 36.7 Å². The van der Waals surface area contributed by atoms with Crippen molar-refractivity contribution >= 4 is 5.91 Å². The number of amides is 1. The maximum absolute atomic E-state index is 13.5. The summed E-state index contributed by atoms with van der Waals surface area (Å²) in [5.41, 5.74) is -0.00616. The Kier molecular flexibility index (Phi) is 7.30. The molecule has 2 saturated heterocycles. The molecule has 1 unspecified atom stereocenters. The van der Waals surface area contributed by atoms with E-state index in [1.807, 2.05) is 4.90 Å². The Morgan fingerprint density at radius 1 is 1.11 bits per heavy atom. The van der Waals surface area contributed by atoms with E-state index >= 15 is 0 Å². The molecule has 0 bridgehead atoms. The average molecular weight is 526 g/mol. The van der Waals surface area contributed by atoms with Crippen LogP contribution < -0.4 is 10.1 Å². The number of benzene rings is 1. The fourth-order valence-corrected chi connectivity index (χ4v) is 5.05. The molecule has 3 fully saturated rings. The van der Waals surface area contributed by atoms with Crippen molar-refractivity contribution in [3.63, 3.8) is 0 Å². The van der Waals surface area contributed by atoms with Crippen molar-refractivity contribution in [2.75, 3.05) is 19.8 Å². The van der Waals surface area contributed by atoms with Gasteiger partial charge in [0.25, 0.3) is 6.43 Å². The zero-order chi connectivity index (χ0) is 26.2. The standard InChI is InChI=1S/C25H28F5N5O2/c26-20(27)12-33-23(16-2-1-3-17(10-16)25(28,29)30)24(36)34-9-8-18-6-7-22(35(18)14-34)37-21-13-31-19(11-32-21)15-4-5-15/h1-3,10-11,13,15,18,20,22-23,33H,4-9,12,14H2/t18-,22-,23?/m0/s1. The molecule has 2 aromatic rings. The average Bonchev–Trinajstić information content (AvgIpc) is 3.65. The summed E-state index contributed by atoms with van der Waals surface area (Å²) in [7, 11) is 0. The number of carbonyl (C=O) groups excluding carboxylic acids is 1. The van der Waals surface area contributed by atoms with Crippen LogP contribution in [0.1, 0.15) is 60.9 Å². The molecule has 1 aliphatic carbocycles. The van der Waals surface area contributed by atoms with Crippen molar-refractivity contribution in [3.8, 4) is 5.88 Å². The van der Waals surface area contributed by atoms with E-state index in [1.54, 1.807) is 12.4 Å². The van der Waals surface area contributed by atoms with Crippen molar-refractivity contribution in [2.24, 2.45) is 0 Å². The van der Waals surface area contributed by atoms with Gasteiger partial charge in [-0.05, 0) is 49.8 Å². The molecule has 200 valence electrons. The SMILES string of the molecule is O=C(C(NCC(F)F)c1cccc(C(F)(F)F)c1)N1CC[C@@H]2CC[C@H](Oc3cnc(C4CC4)cn3)N2C1. The van der Waals surface area contributed by atoms with Crippen LogP contribution in [0.25, 0.3) is 0 Å². The first-order chi connectivity index (χ1) is 17.7. The van der Waals surface area contributed by atoms with Crippen molar-refractivity contribution < 1.29 is 31.5 Å². The van der Waals surface area contributed by atoms with Crippen molar-refractivity contribution in [1.29, 1.82) is 0 Å². The zero-order valence-corrected chi connectivity index (χ0v) is 20.0. The highest BCUT2D eigenvalue weighted by Gasteiger charge is 2.42. The molecule has 12 heteroatoms. The predicted molar refractivity (Wildman–Crippen MR) is 123 cm³/mol. The normalized spacial score (nSPS) is 23.2. The fourth-order valence-electron chi connectivity index (χ4n) is 5.05. The Hall–Kier alpha value is -2.86. The van der Waals surface area contributed by atoms with E-state index in [1.165, 1.54) is 17.0 Å². The van der Waals surface area contributed by atoms with Crippen LogP contribution in [-0.2, 0) is 11.0 Å². The van der Waals surface area contributed by atoms with Gasteiger partial charge in [0.1, 0.15) is 6.04 Å². The highest BCUT2D eigenvalue weighted by atomic mass is 19.4. The molecule has 37 heavy (non-hydrogen) atoms. The minimum Gasteiger partial charge on any atom is -0.457 e. The summed E-state index contributed by atoms with van der Waals surface area (Å²) in [6.45, 7) is -0.282. The highest BCUT2D eigenvalue weighted by molar-refractivity contribution is 5.83. The summed E-state index contributed by atoms with van der Waals surface area (Å²) < 4.78 is 71.9. The van der Waals surface area contributed by atoms with E-state index in [2.05, 4.69) is 15.3 Å². The minimum absolute atomic E-state index is 0.0113. The Bertz CT molecular complexity index is 1100. The number of aromatic nitrogens is 2. The Balaban J connectivity index is 1.30. The van der Waals surface area contributed by atoms with Gasteiger partial charge in [0.15, 0.2) is 6.23 Å². The van der Waals surface area contributed by atoms with E-state index in [9.17, 15) is 26.7 Å². The quantitative estimate of drug-likeness (QED) is 0.518. The van der Waals surface area contributed by atoms with Gasteiger partial charge in [-0.2, -0.15) is 13.2 Å². The number of fused-ring (bicyclic) bond motifs is 1. The largest absolute Gasteiger partial charge is 0.457 e. The number of rotatable bonds is 8. The lowest BCUT2D eigenvalue weighted by atomic mass is 10.0. The smallest absolute Gasteiger partial charge is 0.416 e. The summed E-state index contributed by atoms with van der Waals surface area (Å²) in [5, 5.41) is 2.46. The number of nitrogens with one attached hydrogen (secondary N) is 1. The molecule has 1 N–H and O–H groups in total. The number of ether oxygens (including phenoxy) is 1. The van der Waals surface area contributed by atoms with E-state index in [0.717, 1.165) is 43.5 Å². The molecule has 0 spiro atoms. The molecule has 1 aromatic carbocycles. The number of hydrogen-bond donors (Lipinski definition) is 1. The van der Waals surface area contributed by atoms with Crippen LogP contribution >= 0.6 is 0 Å². The molecule has 2 aliphatic heterocycles. The van der Waals surface area contributed by atoms with E-state index in [-0.39, 0.29) is 24.5 Å². The molecule has 7 nitrogen and oxygen atoms in total. The van der Waals surface area contributed by atoms with Crippen LogP contribution in [0.2, 0.25) is 0 Å². The summed E-state index contributed by atoms with van der Waals surface area (Å²) in [6, 6.07) is 3.07. The van der Waals surface area contributed by atoms with Gasteiger partial charge in [-0.3, -0.25) is 15.1 Å². The van der Waals surface area contributed by atoms with Gasteiger partial charge in [-0.1, -0.05) is 12.1 Å². The first kappa shape index (κ1) is 25.8. The maximum atomic E-state index is 13.5. The van der Waals surface area contributed by atoms with Crippen molar-refractivity contribution in [2.45, 2.75) is 68.9 Å². The number of alkyl halides is 5. The Morgan fingerprint density at radius 2 is 1.92 bits per heavy atom. The molecule has 1 aromatic heterocycles. The Labute approximate surface area is 211 Å². The number of nitrogens with zero attached hydrogens (tertiary/aromatic N) is 4. The van der Waals surface area contributed by atoms with Crippen molar-refractivity contribution in [1.82, 2.24) is 25.1 Å². The molecular formula is C25H28F5N5O2. The summed E-state index contributed by atoms with van der Waals surface area (Å²) >= 11 is 0. The molecule has 1 saturated carbocycles. The molecule has 3 atom stereocenters. The number of halogens is 5. The van der Waals surface area contributed by atoms with Gasteiger partial charge in [-0.25, -0.2) is 18.7 Å². The predicted octanol–water partition coefficient (Wildman–Crippen LogP) is 4.33. The molecular weight excluding hydrogens is 497 g/mol. The van der Waals surface area contributed by atoms with Crippen LogP contribution in [0.5, 0.6) is 5.88 Å². The van der Waals surface area contributed by atoms with Crippen LogP contribution in [0.3, 0.4) is 0 Å². The van der Waals surface area contributed by atoms with Gasteiger partial charge >= 0.3 is 6.18 Å². The first-order valence-electron chi connectivity index (χ1n) is 12.4. The van der Waals surface area contributed by atoms with Gasteiger partial charge in [0.2, 0.25) is 11.8 Å². The number of carbonyl (C=O) groups is 1. The third kappa shape index (κ3) is 6.01. The molecule has 0 radical (unpaired) electrons. The molecule has 3 heterocycles. The second-order valence-electron chi connectivity index (χ2n) is 9.76. The van der Waals surface area contributed by atoms with Crippen LogP contribution in [0.4, 0.5) is 22.0 Å². The van der Waals surface area contributed by atoms with Crippen LogP contribution in [0.15, 0.2) is 36.7 Å². The van der Waals surface area contributed by atoms with Gasteiger partial charge < -0.3 is 9.64 Å². The van der Waals surface area contributed by atoms with E-state index in [0.29, 0.717) is 24.8 Å². The highest BCUT2D eigenvalue weighted by Crippen LogP contribution is 2.39. The van der Waals surface area contributed by atoms with Gasteiger partial charge in [0, 0.05) is 18.5 Å². The topological polar surface area (TPSA) is 70.6 Å². The lowest BCUT2D eigenvalue weighted by Crippen LogP contribution is -2.55. The zero-order valence-electron chi connectivity index (χ0n) is 20.0. The first-order valence-corrected chi connectivity index (χ1v) is 12.4. The van der Waals surface area contributed by atoms with Gasteiger partial charge in [-0.15, -0.1) is 0 Å². The summed E-state index contributed by atoms with van der Waals surface area (Å²) in [6.07, 6.45) is 0.0476. The van der Waals surface area contributed by atoms with Crippen molar-refractivity contribution in [3.05, 3.63) is 53.5 Å². The number of hydrogen-bond acceptors (Lipinski definition) is 6. The van der Waals surface area contributed by atoms with Gasteiger partial charge in [0.05, 0.1) is 36.9 Å². The molecule has 5 rings (SSSR count). The Morgan fingerprint density at radius 3 is 2.59 bits per heavy atom. The summed E-state index contributed by atoms with van der Waals surface area (Å²) in [4.78, 5) is 25.8. The summed E-state index contributed by atoms with van der Waals surface area (Å²) in [5.74, 6) is 0.305. The molecule has 1 amide bonds. The monoisotopic (exact) mass is 525 g/mol. The maximum Gasteiger partial charge on any atom is 0.416 e. The minimum atomic E-state index is -4.62. The second kappa shape index (κ2) is 10.5. The third-order valence-electron chi connectivity index (χ3n) is 7.13. The second-order valence-corrected chi connectivity index (χ2v) is 9.76. The fraction of sp³-hybridized carbons (Fsp3) is 0.560. The van der Waals surface area contributed by atoms with E-state index in [4.69, 9.17) is 4.74 Å². The lowest BCUT2D eigenvalue weighted by Gasteiger charge is -2.41. The lowest BCUT2D eigenvalue weighted by molar-refractivity contribution is -0.142. The third-order valence-corrected chi connectivity index (χ3v) is 7.13. The van der Waals surface area contributed by atoms with Crippen LogP contribution in [-0.4, -0.2) is 64.1 Å². The molecule has 3 aliphatic rings. The van der Waals surface area contributed by atoms with Crippen LogP contribution in [0, 0.1) is 0 Å².